The molecule has 3 heterocycles. The zero-order valence-electron chi connectivity index (χ0n) is 18.5. The van der Waals surface area contributed by atoms with E-state index in [0.29, 0.717) is 5.92 Å². The van der Waals surface area contributed by atoms with Crippen molar-refractivity contribution in [2.45, 2.75) is 55.4 Å². The molecule has 4 rings (SSSR count). The Hall–Kier alpha value is -1.65. The number of aromatic nitrogens is 3. The first kappa shape index (κ1) is 23.5. The average molecular weight is 567 g/mol. The van der Waals surface area contributed by atoms with Crippen molar-refractivity contribution in [3.8, 4) is 0 Å². The summed E-state index contributed by atoms with van der Waals surface area (Å²) in [5.74, 6) is 1.10. The fourth-order valence-electron chi connectivity index (χ4n) is 4.01. The van der Waals surface area contributed by atoms with Gasteiger partial charge in [0.1, 0.15) is 5.82 Å². The van der Waals surface area contributed by atoms with Gasteiger partial charge in [0.15, 0.2) is 0 Å². The van der Waals surface area contributed by atoms with E-state index in [1.807, 2.05) is 0 Å². The summed E-state index contributed by atoms with van der Waals surface area (Å²) >= 11 is 3.26. The molecule has 1 aromatic carbocycles. The summed E-state index contributed by atoms with van der Waals surface area (Å²) in [5, 5.41) is 0. The zero-order chi connectivity index (χ0) is 22.9. The molecule has 0 saturated carbocycles. The van der Waals surface area contributed by atoms with Gasteiger partial charge in [-0.15, -0.1) is 0 Å². The molecule has 0 aliphatic carbocycles. The number of ether oxygens (including phenoxy) is 1. The molecule has 2 aromatic heterocycles. The summed E-state index contributed by atoms with van der Waals surface area (Å²) in [6, 6.07) is 9.48. The lowest BCUT2D eigenvalue weighted by atomic mass is 9.94. The van der Waals surface area contributed by atoms with Crippen LogP contribution in [0.4, 0.5) is 4.39 Å². The highest BCUT2D eigenvalue weighted by molar-refractivity contribution is 14.1. The number of benzene rings is 1. The topological polar surface area (TPSA) is 49.0 Å². The maximum Gasteiger partial charge on any atom is 0.257 e. The molecule has 0 unspecified atom stereocenters. The number of rotatable bonds is 5. The quantitative estimate of drug-likeness (QED) is 0.343. The van der Waals surface area contributed by atoms with E-state index >= 15 is 0 Å². The van der Waals surface area contributed by atoms with E-state index in [1.165, 1.54) is 28.1 Å². The van der Waals surface area contributed by atoms with Crippen molar-refractivity contribution in [1.82, 2.24) is 14.1 Å². The molecule has 5 nitrogen and oxygen atoms in total. The van der Waals surface area contributed by atoms with Crippen LogP contribution < -0.4 is 5.56 Å². The van der Waals surface area contributed by atoms with Crippen molar-refractivity contribution in [1.29, 1.82) is 0 Å². The second-order valence-corrected chi connectivity index (χ2v) is 10.9. The first-order valence-electron chi connectivity index (χ1n) is 10.7. The third-order valence-corrected chi connectivity index (χ3v) is 7.11. The van der Waals surface area contributed by atoms with Gasteiger partial charge < -0.3 is 9.30 Å². The highest BCUT2D eigenvalue weighted by Crippen LogP contribution is 2.33. The number of pyridine rings is 1. The molecule has 0 atom stereocenters. The minimum absolute atomic E-state index is 0.0712. The fraction of sp³-hybridized carbons (Fsp3) is 0.417. The van der Waals surface area contributed by atoms with Crippen molar-refractivity contribution >= 4 is 51.3 Å². The summed E-state index contributed by atoms with van der Waals surface area (Å²) in [7, 11) is 0. The van der Waals surface area contributed by atoms with Crippen LogP contribution in [-0.4, -0.2) is 27.3 Å². The van der Waals surface area contributed by atoms with Crippen LogP contribution in [0, 0.1) is 5.92 Å². The third-order valence-electron chi connectivity index (χ3n) is 5.62. The van der Waals surface area contributed by atoms with E-state index in [4.69, 9.17) is 9.72 Å². The Morgan fingerprint density at radius 2 is 1.97 bits per heavy atom. The zero-order valence-corrected chi connectivity index (χ0v) is 21.5. The second-order valence-electron chi connectivity index (χ2n) is 9.11. The van der Waals surface area contributed by atoms with Gasteiger partial charge in [0.05, 0.1) is 11.0 Å². The SMILES string of the molecule is CC(C)(C)c1nc2cc(Sc3ccn(C(F)=CI)c(=O)c3)ccc2n1CC1CCOCC1. The normalized spacial score (nSPS) is 16.1. The van der Waals surface area contributed by atoms with Gasteiger partial charge in [-0.2, -0.15) is 4.39 Å². The number of imidazole rings is 1. The molecule has 0 amide bonds. The van der Waals surface area contributed by atoms with Crippen molar-refractivity contribution < 1.29 is 9.13 Å². The number of hydrogen-bond acceptors (Lipinski definition) is 4. The first-order valence-corrected chi connectivity index (χ1v) is 12.8. The molecule has 1 aliphatic heterocycles. The molecule has 1 aliphatic rings. The molecular weight excluding hydrogens is 540 g/mol. The monoisotopic (exact) mass is 567 g/mol. The lowest BCUT2D eigenvalue weighted by Gasteiger charge is -2.26. The van der Waals surface area contributed by atoms with Crippen molar-refractivity contribution in [3.05, 3.63) is 56.8 Å². The summed E-state index contributed by atoms with van der Waals surface area (Å²) in [5.41, 5.74) is 1.63. The van der Waals surface area contributed by atoms with Crippen LogP contribution in [0.15, 0.2) is 55.2 Å². The number of halogens is 2. The highest BCUT2D eigenvalue weighted by Gasteiger charge is 2.25. The van der Waals surface area contributed by atoms with Crippen LogP contribution in [0.25, 0.3) is 17.0 Å². The Labute approximate surface area is 205 Å². The average Bonchev–Trinajstić information content (AvgIpc) is 3.12. The van der Waals surface area contributed by atoms with Crippen molar-refractivity contribution in [2.75, 3.05) is 13.2 Å². The summed E-state index contributed by atoms with van der Waals surface area (Å²) in [6.07, 6.45) is 3.63. The van der Waals surface area contributed by atoms with E-state index in [9.17, 15) is 9.18 Å². The molecule has 1 saturated heterocycles. The Balaban J connectivity index is 1.65. The molecule has 170 valence electrons. The maximum atomic E-state index is 13.8. The van der Waals surface area contributed by atoms with Crippen molar-refractivity contribution in [2.24, 2.45) is 5.92 Å². The summed E-state index contributed by atoms with van der Waals surface area (Å²) < 4.78 is 23.9. The Kier molecular flexibility index (Phi) is 7.11. The van der Waals surface area contributed by atoms with Gasteiger partial charge in [-0.1, -0.05) is 32.5 Å². The minimum Gasteiger partial charge on any atom is -0.381 e. The van der Waals surface area contributed by atoms with Gasteiger partial charge >= 0.3 is 0 Å². The van der Waals surface area contributed by atoms with E-state index in [1.54, 1.807) is 28.7 Å². The van der Waals surface area contributed by atoms with Crippen LogP contribution in [0.5, 0.6) is 0 Å². The molecule has 0 spiro atoms. The standard InChI is InChI=1S/C24H27FIN3O2S/c1-24(2,3)23-27-19-12-17(32-18-6-9-28(21(25)14-26)22(30)13-18)4-5-20(19)29(23)15-16-7-10-31-11-8-16/h4-6,9,12-14,16H,7-8,10-11,15H2,1-3H3. The van der Waals surface area contributed by atoms with Crippen LogP contribution >= 0.6 is 34.4 Å². The predicted octanol–water partition coefficient (Wildman–Crippen LogP) is 6.23. The largest absolute Gasteiger partial charge is 0.381 e. The molecule has 8 heteroatoms. The Morgan fingerprint density at radius 1 is 1.25 bits per heavy atom. The number of fused-ring (bicyclic) bond motifs is 1. The van der Waals surface area contributed by atoms with Gasteiger partial charge in [0.25, 0.3) is 5.56 Å². The van der Waals surface area contributed by atoms with Gasteiger partial charge in [0.2, 0.25) is 5.95 Å². The highest BCUT2D eigenvalue weighted by atomic mass is 127. The van der Waals surface area contributed by atoms with Gasteiger partial charge in [-0.25, -0.2) is 4.98 Å². The molecule has 0 bridgehead atoms. The molecule has 3 aromatic rings. The number of hydrogen-bond donors (Lipinski definition) is 0. The Morgan fingerprint density at radius 3 is 2.62 bits per heavy atom. The van der Waals surface area contributed by atoms with Crippen LogP contribution in [-0.2, 0) is 16.7 Å². The Bertz CT molecular complexity index is 1210. The maximum absolute atomic E-state index is 13.8. The van der Waals surface area contributed by atoms with E-state index < -0.39 is 11.5 Å². The lowest BCUT2D eigenvalue weighted by Crippen LogP contribution is -2.25. The van der Waals surface area contributed by atoms with E-state index in [0.717, 1.165) is 63.8 Å². The third kappa shape index (κ3) is 5.12. The smallest absolute Gasteiger partial charge is 0.257 e. The molecule has 0 radical (unpaired) electrons. The molecule has 1 fully saturated rings. The van der Waals surface area contributed by atoms with Gasteiger partial charge in [-0.05, 0) is 65.6 Å². The van der Waals surface area contributed by atoms with Gasteiger partial charge in [0, 0.05) is 51.3 Å². The summed E-state index contributed by atoms with van der Waals surface area (Å²) in [4.78, 5) is 19.0. The first-order chi connectivity index (χ1) is 15.3. The van der Waals surface area contributed by atoms with Crippen LogP contribution in [0.3, 0.4) is 0 Å². The second kappa shape index (κ2) is 9.69. The molecular formula is C24H27FIN3O2S. The van der Waals surface area contributed by atoms with Crippen molar-refractivity contribution in [3.63, 3.8) is 0 Å². The van der Waals surface area contributed by atoms with E-state index in [2.05, 4.69) is 43.5 Å². The predicted molar refractivity (Wildman–Crippen MR) is 136 cm³/mol. The lowest BCUT2D eigenvalue weighted by molar-refractivity contribution is 0.0611. The van der Waals surface area contributed by atoms with Crippen LogP contribution in [0.2, 0.25) is 0 Å². The van der Waals surface area contributed by atoms with Crippen LogP contribution in [0.1, 0.15) is 39.4 Å². The minimum atomic E-state index is -0.585. The van der Waals surface area contributed by atoms with E-state index in [-0.39, 0.29) is 5.41 Å². The molecule has 32 heavy (non-hydrogen) atoms. The fourth-order valence-corrected chi connectivity index (χ4v) is 5.17. The number of nitrogens with zero attached hydrogens (tertiary/aromatic N) is 3. The van der Waals surface area contributed by atoms with Gasteiger partial charge in [-0.3, -0.25) is 9.36 Å². The molecule has 0 N–H and O–H groups in total. The summed E-state index contributed by atoms with van der Waals surface area (Å²) in [6.45, 7) is 9.21.